The summed E-state index contributed by atoms with van der Waals surface area (Å²) in [5.41, 5.74) is 4.09. The van der Waals surface area contributed by atoms with Gasteiger partial charge in [0, 0.05) is 23.3 Å². The molecule has 0 spiro atoms. The normalized spacial score (nSPS) is 16.4. The van der Waals surface area contributed by atoms with Gasteiger partial charge in [-0.3, -0.25) is 0 Å². The van der Waals surface area contributed by atoms with E-state index in [0.29, 0.717) is 35.6 Å². The van der Waals surface area contributed by atoms with Crippen molar-refractivity contribution in [2.24, 2.45) is 0 Å². The van der Waals surface area contributed by atoms with E-state index in [4.69, 9.17) is 14.2 Å². The number of carbonyl (C=O) groups excluding carboxylic acids is 2. The van der Waals surface area contributed by atoms with E-state index >= 15 is 0 Å². The number of ether oxygens (including phenoxy) is 3. The Morgan fingerprint density at radius 2 is 1.89 bits per heavy atom. The van der Waals surface area contributed by atoms with Crippen LogP contribution in [-0.2, 0) is 9.47 Å². The summed E-state index contributed by atoms with van der Waals surface area (Å²) < 4.78 is 16.9. The Hall–Kier alpha value is -3.84. The summed E-state index contributed by atoms with van der Waals surface area (Å²) in [6, 6.07) is 13.2. The van der Waals surface area contributed by atoms with Gasteiger partial charge < -0.3 is 24.6 Å². The number of allylic oxidation sites excluding steroid dienone is 1. The molecule has 0 aromatic heterocycles. The SMILES string of the molecule is Cc1ccc2c(c1)OC1=CC(O)C=CC1=C2c1ccccc1C(=O)OCCCNC(=O)OC(C)(C)C. The van der Waals surface area contributed by atoms with E-state index in [0.717, 1.165) is 22.3 Å². The Labute approximate surface area is 211 Å². The van der Waals surface area contributed by atoms with Crippen LogP contribution in [0.2, 0.25) is 0 Å². The van der Waals surface area contributed by atoms with Crippen molar-refractivity contribution in [1.82, 2.24) is 5.32 Å². The Kier molecular flexibility index (Phi) is 7.31. The highest BCUT2D eigenvalue weighted by Crippen LogP contribution is 2.44. The molecule has 1 atom stereocenters. The molecular formula is C29H31NO6. The van der Waals surface area contributed by atoms with Crippen molar-refractivity contribution in [3.8, 4) is 5.75 Å². The molecule has 2 aliphatic rings. The number of rotatable bonds is 6. The summed E-state index contributed by atoms with van der Waals surface area (Å²) >= 11 is 0. The van der Waals surface area contributed by atoms with E-state index in [1.165, 1.54) is 0 Å². The first-order valence-corrected chi connectivity index (χ1v) is 12.0. The molecule has 1 aliphatic carbocycles. The lowest BCUT2D eigenvalue weighted by Gasteiger charge is -2.28. The third-order valence-electron chi connectivity index (χ3n) is 5.58. The number of esters is 1. The zero-order valence-electron chi connectivity index (χ0n) is 21.0. The summed E-state index contributed by atoms with van der Waals surface area (Å²) in [5, 5.41) is 12.8. The molecule has 1 amide bonds. The third-order valence-corrected chi connectivity index (χ3v) is 5.58. The van der Waals surface area contributed by atoms with Crippen LogP contribution in [0.25, 0.3) is 5.57 Å². The molecule has 0 fully saturated rings. The van der Waals surface area contributed by atoms with E-state index in [1.807, 2.05) is 43.3 Å². The van der Waals surface area contributed by atoms with Crippen molar-refractivity contribution in [1.29, 1.82) is 0 Å². The van der Waals surface area contributed by atoms with Gasteiger partial charge in [0.25, 0.3) is 0 Å². The number of fused-ring (bicyclic) bond motifs is 2. The van der Waals surface area contributed by atoms with Crippen LogP contribution in [0.3, 0.4) is 0 Å². The molecule has 1 heterocycles. The van der Waals surface area contributed by atoms with Crippen molar-refractivity contribution >= 4 is 17.6 Å². The van der Waals surface area contributed by atoms with Crippen LogP contribution in [0.1, 0.15) is 54.2 Å². The summed E-state index contributed by atoms with van der Waals surface area (Å²) in [6.07, 6.45) is 4.35. The molecule has 2 N–H and O–H groups in total. The lowest BCUT2D eigenvalue weighted by molar-refractivity contribution is 0.0483. The maximum absolute atomic E-state index is 13.1. The topological polar surface area (TPSA) is 94.1 Å². The summed E-state index contributed by atoms with van der Waals surface area (Å²) in [5.74, 6) is 0.759. The predicted molar refractivity (Wildman–Crippen MR) is 137 cm³/mol. The van der Waals surface area contributed by atoms with Crippen LogP contribution in [-0.4, -0.2) is 42.0 Å². The van der Waals surface area contributed by atoms with Gasteiger partial charge in [-0.05, 0) is 63.5 Å². The molecule has 7 nitrogen and oxygen atoms in total. The minimum atomic E-state index is -0.745. The minimum absolute atomic E-state index is 0.144. The molecule has 0 saturated heterocycles. The number of aliphatic hydroxyl groups is 1. The lowest BCUT2D eigenvalue weighted by Crippen LogP contribution is -2.33. The van der Waals surface area contributed by atoms with Crippen molar-refractivity contribution in [2.75, 3.05) is 13.2 Å². The van der Waals surface area contributed by atoms with Crippen LogP contribution in [0.5, 0.6) is 5.75 Å². The fraction of sp³-hybridized carbons (Fsp3) is 0.310. The summed E-state index contributed by atoms with van der Waals surface area (Å²) in [6.45, 7) is 7.84. The minimum Gasteiger partial charge on any atom is -0.462 e. The second-order valence-corrected chi connectivity index (χ2v) is 9.73. The fourth-order valence-electron chi connectivity index (χ4n) is 4.05. The molecule has 1 aliphatic heterocycles. The molecule has 0 radical (unpaired) electrons. The van der Waals surface area contributed by atoms with E-state index in [9.17, 15) is 14.7 Å². The van der Waals surface area contributed by atoms with Gasteiger partial charge in [-0.1, -0.05) is 42.5 Å². The van der Waals surface area contributed by atoms with Gasteiger partial charge in [0.2, 0.25) is 0 Å². The van der Waals surface area contributed by atoms with Crippen LogP contribution in [0.15, 0.2) is 72.0 Å². The van der Waals surface area contributed by atoms with Crippen molar-refractivity contribution in [3.63, 3.8) is 0 Å². The maximum atomic E-state index is 13.1. The average molecular weight is 490 g/mol. The second-order valence-electron chi connectivity index (χ2n) is 9.73. The molecule has 2 aromatic rings. The maximum Gasteiger partial charge on any atom is 0.407 e. The number of amides is 1. The number of hydrogen-bond acceptors (Lipinski definition) is 6. The first kappa shape index (κ1) is 25.3. The van der Waals surface area contributed by atoms with Gasteiger partial charge in [0.1, 0.15) is 17.1 Å². The number of nitrogens with one attached hydrogen (secondary N) is 1. The lowest BCUT2D eigenvalue weighted by atomic mass is 9.85. The first-order valence-electron chi connectivity index (χ1n) is 12.0. The monoisotopic (exact) mass is 489 g/mol. The summed E-state index contributed by atoms with van der Waals surface area (Å²) in [4.78, 5) is 24.9. The largest absolute Gasteiger partial charge is 0.462 e. The molecule has 0 bridgehead atoms. The highest BCUT2D eigenvalue weighted by Gasteiger charge is 2.29. The Balaban J connectivity index is 1.54. The van der Waals surface area contributed by atoms with Crippen LogP contribution >= 0.6 is 0 Å². The van der Waals surface area contributed by atoms with Gasteiger partial charge in [0.15, 0.2) is 0 Å². The number of benzene rings is 2. The van der Waals surface area contributed by atoms with Crippen molar-refractivity contribution in [2.45, 2.75) is 45.8 Å². The van der Waals surface area contributed by atoms with E-state index in [2.05, 4.69) is 5.32 Å². The molecular weight excluding hydrogens is 458 g/mol. The number of carbonyl (C=O) groups is 2. The molecule has 1 unspecified atom stereocenters. The Morgan fingerprint density at radius 3 is 2.67 bits per heavy atom. The zero-order chi connectivity index (χ0) is 25.9. The highest BCUT2D eigenvalue weighted by molar-refractivity contribution is 6.01. The van der Waals surface area contributed by atoms with Crippen LogP contribution in [0.4, 0.5) is 4.79 Å². The van der Waals surface area contributed by atoms with Crippen molar-refractivity contribution in [3.05, 3.63) is 94.3 Å². The average Bonchev–Trinajstić information content (AvgIpc) is 2.81. The van der Waals surface area contributed by atoms with Gasteiger partial charge in [-0.25, -0.2) is 9.59 Å². The second kappa shape index (κ2) is 10.4. The molecule has 0 saturated carbocycles. The van der Waals surface area contributed by atoms with Gasteiger partial charge in [-0.15, -0.1) is 0 Å². The fourth-order valence-corrected chi connectivity index (χ4v) is 4.05. The zero-order valence-corrected chi connectivity index (χ0v) is 21.0. The summed E-state index contributed by atoms with van der Waals surface area (Å²) in [7, 11) is 0. The molecule has 36 heavy (non-hydrogen) atoms. The van der Waals surface area contributed by atoms with Crippen LogP contribution < -0.4 is 10.1 Å². The van der Waals surface area contributed by atoms with E-state index < -0.39 is 23.8 Å². The van der Waals surface area contributed by atoms with Crippen molar-refractivity contribution < 1.29 is 28.9 Å². The smallest absolute Gasteiger partial charge is 0.407 e. The van der Waals surface area contributed by atoms with E-state index in [1.54, 1.807) is 45.1 Å². The first-order chi connectivity index (χ1) is 17.1. The van der Waals surface area contributed by atoms with Gasteiger partial charge in [0.05, 0.1) is 18.3 Å². The Morgan fingerprint density at radius 1 is 1.11 bits per heavy atom. The molecule has 188 valence electrons. The molecule has 2 aromatic carbocycles. The molecule has 4 rings (SSSR count). The quantitative estimate of drug-likeness (QED) is 0.434. The number of alkyl carbamates (subject to hydrolysis) is 1. The highest BCUT2D eigenvalue weighted by atomic mass is 16.6. The number of hydrogen-bond donors (Lipinski definition) is 2. The van der Waals surface area contributed by atoms with Crippen LogP contribution in [0, 0.1) is 6.92 Å². The Bertz CT molecular complexity index is 1260. The predicted octanol–water partition coefficient (Wildman–Crippen LogP) is 5.08. The molecule has 7 heteroatoms. The number of aliphatic hydroxyl groups excluding tert-OH is 1. The van der Waals surface area contributed by atoms with Gasteiger partial charge in [-0.2, -0.15) is 0 Å². The standard InChI is InChI=1S/C29H31NO6/c1-18-10-12-22-24(16-18)35-25-17-19(31)11-13-23(25)26(22)20-8-5-6-9-21(20)27(32)34-15-7-14-30-28(33)36-29(2,3)4/h5-6,8-13,16-17,19,31H,7,14-15H2,1-4H3,(H,30,33). The third kappa shape index (κ3) is 5.86. The van der Waals surface area contributed by atoms with E-state index in [-0.39, 0.29) is 6.61 Å². The number of aryl methyl sites for hydroxylation is 1. The van der Waals surface area contributed by atoms with Gasteiger partial charge >= 0.3 is 12.1 Å².